The predicted octanol–water partition coefficient (Wildman–Crippen LogP) is 4.09. The standard InChI is InChI=1S/C20H22BrN3O2/c21-14-6-7-18-16(13-14)17(8-12-26-18)23-20(25)15-5-4-9-22-19(15)24-10-2-1-3-11-24/h4-7,9,13,17H,1-3,8,10-12H2,(H,23,25). The van der Waals surface area contributed by atoms with Crippen molar-refractivity contribution >= 4 is 27.7 Å². The van der Waals surface area contributed by atoms with Gasteiger partial charge in [-0.3, -0.25) is 4.79 Å². The minimum absolute atomic E-state index is 0.0573. The first-order valence-corrected chi connectivity index (χ1v) is 9.95. The Hall–Kier alpha value is -2.08. The van der Waals surface area contributed by atoms with Crippen LogP contribution in [0.25, 0.3) is 0 Å². The van der Waals surface area contributed by atoms with Crippen LogP contribution in [-0.2, 0) is 0 Å². The first-order valence-electron chi connectivity index (χ1n) is 9.15. The summed E-state index contributed by atoms with van der Waals surface area (Å²) < 4.78 is 6.70. The SMILES string of the molecule is O=C(NC1CCOc2ccc(Br)cc21)c1cccnc1N1CCCCC1. The van der Waals surface area contributed by atoms with Crippen molar-refractivity contribution in [3.8, 4) is 5.75 Å². The lowest BCUT2D eigenvalue weighted by Gasteiger charge is -2.30. The van der Waals surface area contributed by atoms with E-state index < -0.39 is 0 Å². The van der Waals surface area contributed by atoms with E-state index in [4.69, 9.17) is 4.74 Å². The summed E-state index contributed by atoms with van der Waals surface area (Å²) in [7, 11) is 0. The van der Waals surface area contributed by atoms with Crippen LogP contribution in [0, 0.1) is 0 Å². The van der Waals surface area contributed by atoms with E-state index in [2.05, 4.69) is 31.1 Å². The molecule has 1 saturated heterocycles. The lowest BCUT2D eigenvalue weighted by atomic mass is 10.00. The first-order chi connectivity index (χ1) is 12.7. The van der Waals surface area contributed by atoms with Crippen LogP contribution in [-0.4, -0.2) is 30.6 Å². The van der Waals surface area contributed by atoms with Gasteiger partial charge in [-0.2, -0.15) is 0 Å². The quantitative estimate of drug-likeness (QED) is 0.819. The zero-order chi connectivity index (χ0) is 17.9. The van der Waals surface area contributed by atoms with Gasteiger partial charge in [-0.25, -0.2) is 4.98 Å². The van der Waals surface area contributed by atoms with Crippen molar-refractivity contribution in [3.05, 3.63) is 52.1 Å². The van der Waals surface area contributed by atoms with Crippen LogP contribution in [0.3, 0.4) is 0 Å². The smallest absolute Gasteiger partial charge is 0.255 e. The fraction of sp³-hybridized carbons (Fsp3) is 0.400. The number of nitrogens with zero attached hydrogens (tertiary/aromatic N) is 2. The molecule has 2 aliphatic heterocycles. The number of amides is 1. The number of rotatable bonds is 3. The average Bonchev–Trinajstić information content (AvgIpc) is 2.69. The van der Waals surface area contributed by atoms with E-state index in [1.807, 2.05) is 30.3 Å². The normalized spacial score (nSPS) is 19.4. The van der Waals surface area contributed by atoms with Crippen LogP contribution in [0.2, 0.25) is 0 Å². The molecule has 0 spiro atoms. The van der Waals surface area contributed by atoms with Crippen molar-refractivity contribution in [2.75, 3.05) is 24.6 Å². The number of aromatic nitrogens is 1. The Morgan fingerprint density at radius 2 is 2.08 bits per heavy atom. The topological polar surface area (TPSA) is 54.5 Å². The summed E-state index contributed by atoms with van der Waals surface area (Å²) in [6.07, 6.45) is 6.08. The van der Waals surface area contributed by atoms with Crippen LogP contribution in [0.15, 0.2) is 41.0 Å². The number of hydrogen-bond donors (Lipinski definition) is 1. The molecule has 0 aliphatic carbocycles. The van der Waals surface area contributed by atoms with Crippen molar-refractivity contribution in [1.82, 2.24) is 10.3 Å². The average molecular weight is 416 g/mol. The third kappa shape index (κ3) is 3.56. The monoisotopic (exact) mass is 415 g/mol. The number of piperidine rings is 1. The van der Waals surface area contributed by atoms with Crippen molar-refractivity contribution in [3.63, 3.8) is 0 Å². The Labute approximate surface area is 161 Å². The molecule has 5 nitrogen and oxygen atoms in total. The minimum atomic E-state index is -0.0727. The van der Waals surface area contributed by atoms with Gasteiger partial charge < -0.3 is 15.0 Å². The molecule has 1 aromatic heterocycles. The summed E-state index contributed by atoms with van der Waals surface area (Å²) in [4.78, 5) is 19.8. The number of halogens is 1. The number of carbonyl (C=O) groups excluding carboxylic acids is 1. The van der Waals surface area contributed by atoms with Crippen molar-refractivity contribution in [2.45, 2.75) is 31.7 Å². The van der Waals surface area contributed by atoms with Gasteiger partial charge in [0, 0.05) is 35.7 Å². The number of hydrogen-bond acceptors (Lipinski definition) is 4. The molecule has 1 amide bonds. The largest absolute Gasteiger partial charge is 0.493 e. The Morgan fingerprint density at radius 3 is 2.92 bits per heavy atom. The van der Waals surface area contributed by atoms with Gasteiger partial charge in [0.15, 0.2) is 0 Å². The molecule has 0 radical (unpaired) electrons. The molecule has 1 fully saturated rings. The molecule has 4 rings (SSSR count). The Bertz CT molecular complexity index is 805. The van der Waals surface area contributed by atoms with E-state index >= 15 is 0 Å². The second-order valence-electron chi connectivity index (χ2n) is 6.77. The molecule has 6 heteroatoms. The molecule has 1 unspecified atom stereocenters. The van der Waals surface area contributed by atoms with Crippen molar-refractivity contribution < 1.29 is 9.53 Å². The Kier molecular flexibility index (Phi) is 5.11. The minimum Gasteiger partial charge on any atom is -0.493 e. The van der Waals surface area contributed by atoms with Crippen LogP contribution in [0.1, 0.15) is 47.6 Å². The molecule has 1 N–H and O–H groups in total. The number of fused-ring (bicyclic) bond motifs is 1. The summed E-state index contributed by atoms with van der Waals surface area (Å²) in [5.74, 6) is 1.56. The zero-order valence-corrected chi connectivity index (χ0v) is 16.2. The zero-order valence-electron chi connectivity index (χ0n) is 14.6. The third-order valence-electron chi connectivity index (χ3n) is 5.00. The lowest BCUT2D eigenvalue weighted by Crippen LogP contribution is -2.35. The molecule has 1 atom stereocenters. The van der Waals surface area contributed by atoms with Crippen LogP contribution < -0.4 is 15.0 Å². The van der Waals surface area contributed by atoms with Gasteiger partial charge in [-0.05, 0) is 49.6 Å². The molecule has 2 aromatic rings. The molecular weight excluding hydrogens is 394 g/mol. The molecule has 0 saturated carbocycles. The number of benzene rings is 1. The fourth-order valence-electron chi connectivity index (χ4n) is 3.68. The maximum absolute atomic E-state index is 13.0. The molecule has 26 heavy (non-hydrogen) atoms. The highest BCUT2D eigenvalue weighted by Crippen LogP contribution is 2.34. The number of carbonyl (C=O) groups is 1. The highest BCUT2D eigenvalue weighted by atomic mass is 79.9. The van der Waals surface area contributed by atoms with Gasteiger partial charge in [-0.15, -0.1) is 0 Å². The summed E-state index contributed by atoms with van der Waals surface area (Å²) in [6, 6.07) is 9.57. The van der Waals surface area contributed by atoms with E-state index in [0.29, 0.717) is 12.2 Å². The van der Waals surface area contributed by atoms with Crippen molar-refractivity contribution in [1.29, 1.82) is 0 Å². The first kappa shape index (κ1) is 17.3. The highest BCUT2D eigenvalue weighted by molar-refractivity contribution is 9.10. The second-order valence-corrected chi connectivity index (χ2v) is 7.68. The van der Waals surface area contributed by atoms with E-state index in [1.165, 1.54) is 6.42 Å². The molecule has 136 valence electrons. The predicted molar refractivity (Wildman–Crippen MR) is 105 cm³/mol. The van der Waals surface area contributed by atoms with Gasteiger partial charge in [-0.1, -0.05) is 15.9 Å². The van der Waals surface area contributed by atoms with Gasteiger partial charge in [0.05, 0.1) is 18.2 Å². The summed E-state index contributed by atoms with van der Waals surface area (Å²) in [5, 5.41) is 3.19. The van der Waals surface area contributed by atoms with Crippen LogP contribution in [0.5, 0.6) is 5.75 Å². The highest BCUT2D eigenvalue weighted by Gasteiger charge is 2.26. The fourth-order valence-corrected chi connectivity index (χ4v) is 4.06. The van der Waals surface area contributed by atoms with E-state index in [9.17, 15) is 4.79 Å². The summed E-state index contributed by atoms with van der Waals surface area (Å²) in [6.45, 7) is 2.53. The van der Waals surface area contributed by atoms with E-state index in [1.54, 1.807) is 6.20 Å². The van der Waals surface area contributed by atoms with Crippen molar-refractivity contribution in [2.24, 2.45) is 0 Å². The number of pyridine rings is 1. The number of nitrogens with one attached hydrogen (secondary N) is 1. The third-order valence-corrected chi connectivity index (χ3v) is 5.50. The molecule has 3 heterocycles. The van der Waals surface area contributed by atoms with E-state index in [0.717, 1.165) is 54.0 Å². The van der Waals surface area contributed by atoms with Gasteiger partial charge in [0.2, 0.25) is 0 Å². The maximum atomic E-state index is 13.0. The van der Waals surface area contributed by atoms with Gasteiger partial charge >= 0.3 is 0 Å². The Balaban J connectivity index is 1.57. The van der Waals surface area contributed by atoms with Crippen LogP contribution in [0.4, 0.5) is 5.82 Å². The Morgan fingerprint density at radius 1 is 1.23 bits per heavy atom. The summed E-state index contributed by atoms with van der Waals surface area (Å²) in [5.41, 5.74) is 1.67. The van der Waals surface area contributed by atoms with Crippen LogP contribution >= 0.6 is 15.9 Å². The molecule has 2 aliphatic rings. The summed E-state index contributed by atoms with van der Waals surface area (Å²) >= 11 is 3.51. The molecule has 0 bridgehead atoms. The molecular formula is C20H22BrN3O2. The van der Waals surface area contributed by atoms with Gasteiger partial charge in [0.1, 0.15) is 11.6 Å². The maximum Gasteiger partial charge on any atom is 0.255 e. The number of ether oxygens (including phenoxy) is 1. The molecule has 1 aromatic carbocycles. The van der Waals surface area contributed by atoms with Gasteiger partial charge in [0.25, 0.3) is 5.91 Å². The van der Waals surface area contributed by atoms with E-state index in [-0.39, 0.29) is 11.9 Å². The lowest BCUT2D eigenvalue weighted by molar-refractivity contribution is 0.0925. The number of anilines is 1. The second kappa shape index (κ2) is 7.66.